The highest BCUT2D eigenvalue weighted by Crippen LogP contribution is 2.01. The minimum Gasteiger partial charge on any atom is -0.481 e. The third kappa shape index (κ3) is 16.4. The Morgan fingerprint density at radius 3 is 2.17 bits per heavy atom. The summed E-state index contributed by atoms with van der Waals surface area (Å²) >= 11 is 4.64. The summed E-state index contributed by atoms with van der Waals surface area (Å²) in [5.41, 5.74) is 5.25. The third-order valence-electron chi connectivity index (χ3n) is 1.34. The zero-order chi connectivity index (χ0) is 9.82. The maximum atomic E-state index is 10.0. The van der Waals surface area contributed by atoms with E-state index in [2.05, 4.69) is 11.6 Å². The summed E-state index contributed by atoms with van der Waals surface area (Å²) < 4.78 is 0. The summed E-state index contributed by atoms with van der Waals surface area (Å²) in [5.74, 6) is -0.701. The van der Waals surface area contributed by atoms with Crippen molar-refractivity contribution in [3.05, 3.63) is 0 Å². The van der Waals surface area contributed by atoms with Gasteiger partial charge in [-0.1, -0.05) is 12.8 Å². The molecular formula is C8H18ClNO2. The maximum Gasteiger partial charge on any atom is 0.303 e. The van der Waals surface area contributed by atoms with Crippen molar-refractivity contribution in [1.29, 1.82) is 0 Å². The van der Waals surface area contributed by atoms with Crippen LogP contribution in [0.25, 0.3) is 0 Å². The second kappa shape index (κ2) is 13.3. The minimum atomic E-state index is -0.701. The first-order chi connectivity index (χ1) is 5.77. The largest absolute Gasteiger partial charge is 0.481 e. The van der Waals surface area contributed by atoms with Gasteiger partial charge in [0, 0.05) is 12.8 Å². The lowest BCUT2D eigenvalue weighted by Crippen LogP contribution is -1.98. The highest BCUT2D eigenvalue weighted by atomic mass is 35.5. The van der Waals surface area contributed by atoms with E-state index in [0.717, 1.165) is 25.7 Å². The molecule has 0 rings (SSSR count). The van der Waals surface area contributed by atoms with Gasteiger partial charge in [-0.25, -0.2) is 0 Å². The van der Waals surface area contributed by atoms with E-state index < -0.39 is 5.97 Å². The van der Waals surface area contributed by atoms with E-state index in [1.807, 2.05) is 0 Å². The fourth-order valence-corrected chi connectivity index (χ4v) is 0.774. The lowest BCUT2D eigenvalue weighted by Gasteiger charge is -1.95. The van der Waals surface area contributed by atoms with Crippen molar-refractivity contribution < 1.29 is 9.90 Å². The lowest BCUT2D eigenvalue weighted by atomic mass is 10.1. The van der Waals surface area contributed by atoms with E-state index in [-0.39, 0.29) is 0 Å². The Balaban J connectivity index is 0. The standard InChI is InChI=1S/C7H15NO2.CH3Cl/c8-6-4-2-1-3-5-7(9)10;1-2/h1-6,8H2,(H,9,10);1H3. The molecule has 0 fully saturated rings. The first-order valence-electron chi connectivity index (χ1n) is 4.07. The number of carboxylic acids is 1. The molecule has 0 saturated carbocycles. The van der Waals surface area contributed by atoms with Gasteiger partial charge < -0.3 is 10.8 Å². The van der Waals surface area contributed by atoms with Gasteiger partial charge >= 0.3 is 5.97 Å². The number of hydrogen-bond acceptors (Lipinski definition) is 2. The van der Waals surface area contributed by atoms with Gasteiger partial charge in [-0.3, -0.25) is 4.79 Å². The summed E-state index contributed by atoms with van der Waals surface area (Å²) in [6, 6.07) is 0. The quantitative estimate of drug-likeness (QED) is 0.502. The predicted octanol–water partition coefficient (Wildman–Crippen LogP) is 1.84. The number of carboxylic acid groups (broad SMARTS) is 1. The Morgan fingerprint density at radius 2 is 1.75 bits per heavy atom. The summed E-state index contributed by atoms with van der Waals surface area (Å²) in [6.45, 7) is 0.715. The van der Waals surface area contributed by atoms with Crippen LogP contribution < -0.4 is 5.73 Å². The van der Waals surface area contributed by atoms with Gasteiger partial charge in [0.15, 0.2) is 0 Å². The van der Waals surface area contributed by atoms with Gasteiger partial charge in [-0.05, 0) is 19.4 Å². The van der Waals surface area contributed by atoms with Gasteiger partial charge in [-0.2, -0.15) is 0 Å². The Morgan fingerprint density at radius 1 is 1.25 bits per heavy atom. The van der Waals surface area contributed by atoms with Gasteiger partial charge in [0.1, 0.15) is 0 Å². The number of rotatable bonds is 6. The van der Waals surface area contributed by atoms with Gasteiger partial charge in [-0.15, -0.1) is 11.6 Å². The third-order valence-corrected chi connectivity index (χ3v) is 1.34. The number of unbranched alkanes of at least 4 members (excludes halogenated alkanes) is 3. The zero-order valence-corrected chi connectivity index (χ0v) is 8.31. The molecule has 0 atom stereocenters. The molecule has 0 aromatic rings. The lowest BCUT2D eigenvalue weighted by molar-refractivity contribution is -0.137. The molecule has 4 heteroatoms. The van der Waals surface area contributed by atoms with Crippen LogP contribution in [0.2, 0.25) is 0 Å². The van der Waals surface area contributed by atoms with Crippen molar-refractivity contribution in [2.75, 3.05) is 12.9 Å². The molecule has 0 spiro atoms. The summed E-state index contributed by atoms with van der Waals surface area (Å²) in [6.07, 6.45) is 5.62. The monoisotopic (exact) mass is 195 g/mol. The molecule has 0 heterocycles. The van der Waals surface area contributed by atoms with E-state index in [4.69, 9.17) is 10.8 Å². The molecule has 0 saturated heterocycles. The Bertz CT molecular complexity index is 99.1. The van der Waals surface area contributed by atoms with E-state index in [1.54, 1.807) is 0 Å². The van der Waals surface area contributed by atoms with Gasteiger partial charge in [0.2, 0.25) is 0 Å². The average Bonchev–Trinajstić information content (AvgIpc) is 2.07. The molecule has 0 aliphatic carbocycles. The van der Waals surface area contributed by atoms with Crippen LogP contribution in [0.3, 0.4) is 0 Å². The Kier molecular flexibility index (Phi) is 15.8. The SMILES string of the molecule is CCl.NCCCCCCC(=O)O. The highest BCUT2D eigenvalue weighted by Gasteiger charge is 1.94. The van der Waals surface area contributed by atoms with Gasteiger partial charge in [0.05, 0.1) is 0 Å². The first kappa shape index (κ1) is 14.3. The average molecular weight is 196 g/mol. The topological polar surface area (TPSA) is 63.3 Å². The summed E-state index contributed by atoms with van der Waals surface area (Å²) in [5, 5.41) is 8.25. The fraction of sp³-hybridized carbons (Fsp3) is 0.875. The second-order valence-corrected chi connectivity index (χ2v) is 2.35. The van der Waals surface area contributed by atoms with Crippen molar-refractivity contribution in [3.63, 3.8) is 0 Å². The normalized spacial score (nSPS) is 8.58. The van der Waals surface area contributed by atoms with E-state index in [0.29, 0.717) is 13.0 Å². The number of alkyl halides is 1. The van der Waals surface area contributed by atoms with E-state index >= 15 is 0 Å². The molecule has 74 valence electrons. The number of aliphatic carboxylic acids is 1. The molecule has 0 unspecified atom stereocenters. The smallest absolute Gasteiger partial charge is 0.303 e. The molecule has 3 nitrogen and oxygen atoms in total. The van der Waals surface area contributed by atoms with Crippen LogP contribution in [0.4, 0.5) is 0 Å². The van der Waals surface area contributed by atoms with Gasteiger partial charge in [0.25, 0.3) is 0 Å². The van der Waals surface area contributed by atoms with Crippen LogP contribution in [0, 0.1) is 0 Å². The van der Waals surface area contributed by atoms with E-state index in [1.165, 1.54) is 6.38 Å². The molecule has 0 aromatic carbocycles. The molecule has 0 aliphatic heterocycles. The van der Waals surface area contributed by atoms with Crippen molar-refractivity contribution >= 4 is 17.6 Å². The molecule has 0 amide bonds. The molecule has 12 heavy (non-hydrogen) atoms. The zero-order valence-electron chi connectivity index (χ0n) is 7.55. The molecular weight excluding hydrogens is 178 g/mol. The van der Waals surface area contributed by atoms with Crippen LogP contribution in [0.15, 0.2) is 0 Å². The van der Waals surface area contributed by atoms with E-state index in [9.17, 15) is 4.79 Å². The number of carbonyl (C=O) groups is 1. The summed E-state index contributed by atoms with van der Waals surface area (Å²) in [7, 11) is 0. The minimum absolute atomic E-state index is 0.296. The number of halogens is 1. The highest BCUT2D eigenvalue weighted by molar-refractivity contribution is 6.15. The molecule has 0 aromatic heterocycles. The number of nitrogens with two attached hydrogens (primary N) is 1. The molecule has 0 aliphatic rings. The van der Waals surface area contributed by atoms with Crippen LogP contribution in [-0.4, -0.2) is 24.0 Å². The van der Waals surface area contributed by atoms with Crippen LogP contribution >= 0.6 is 11.6 Å². The number of hydrogen-bond donors (Lipinski definition) is 2. The molecule has 0 radical (unpaired) electrons. The predicted molar refractivity (Wildman–Crippen MR) is 51.6 cm³/mol. The van der Waals surface area contributed by atoms with Crippen molar-refractivity contribution in [1.82, 2.24) is 0 Å². The van der Waals surface area contributed by atoms with Crippen molar-refractivity contribution in [2.45, 2.75) is 32.1 Å². The Labute approximate surface area is 78.9 Å². The Hall–Kier alpha value is -0.280. The molecule has 3 N–H and O–H groups in total. The first-order valence-corrected chi connectivity index (χ1v) is 4.82. The van der Waals surface area contributed by atoms with Crippen LogP contribution in [0.5, 0.6) is 0 Å². The maximum absolute atomic E-state index is 10.0. The fourth-order valence-electron chi connectivity index (χ4n) is 0.774. The van der Waals surface area contributed by atoms with Crippen molar-refractivity contribution in [3.8, 4) is 0 Å². The summed E-state index contributed by atoms with van der Waals surface area (Å²) in [4.78, 5) is 10.0. The van der Waals surface area contributed by atoms with Crippen molar-refractivity contribution in [2.24, 2.45) is 5.73 Å². The van der Waals surface area contributed by atoms with Crippen LogP contribution in [0.1, 0.15) is 32.1 Å². The molecule has 0 bridgehead atoms. The van der Waals surface area contributed by atoms with Crippen LogP contribution in [-0.2, 0) is 4.79 Å². The second-order valence-electron chi connectivity index (χ2n) is 2.35.